The molecule has 3 rings (SSSR count). The maximum Gasteiger partial charge on any atom is 0.243 e. The molecular formula is C20H23BrN2O5S. The van der Waals surface area contributed by atoms with Crippen LogP contribution >= 0.6 is 15.9 Å². The molecule has 0 radical (unpaired) electrons. The summed E-state index contributed by atoms with van der Waals surface area (Å²) in [6.45, 7) is 1.69. The van der Waals surface area contributed by atoms with Crippen LogP contribution in [-0.2, 0) is 21.2 Å². The van der Waals surface area contributed by atoms with Crippen molar-refractivity contribution >= 4 is 37.5 Å². The number of methoxy groups -OCH3 is 2. The topological polar surface area (TPSA) is 76.2 Å². The Balaban J connectivity index is 1.83. The predicted octanol–water partition coefficient (Wildman–Crippen LogP) is 3.06. The van der Waals surface area contributed by atoms with Crippen LogP contribution < -0.4 is 14.4 Å². The van der Waals surface area contributed by atoms with Crippen LogP contribution in [0.3, 0.4) is 0 Å². The molecule has 29 heavy (non-hydrogen) atoms. The molecule has 1 atom stereocenters. The van der Waals surface area contributed by atoms with Crippen molar-refractivity contribution in [3.63, 3.8) is 0 Å². The van der Waals surface area contributed by atoms with E-state index in [1.54, 1.807) is 4.90 Å². The number of carbonyl (C=O) groups excluding carboxylic acids is 1. The standard InChI is InChI=1S/C20H23BrN2O5S/c1-13-9-14-10-15(21)5-7-17(14)23(13)20(24)12-22(2)29(25,26)16-6-8-18(27-3)19(11-16)28-4/h5-8,10-11,13H,9,12H2,1-4H3/t13-/m0/s1. The van der Waals surface area contributed by atoms with Gasteiger partial charge in [-0.15, -0.1) is 0 Å². The molecule has 2 aromatic carbocycles. The lowest BCUT2D eigenvalue weighted by molar-refractivity contribution is -0.118. The first-order valence-corrected chi connectivity index (χ1v) is 11.2. The minimum absolute atomic E-state index is 0.0317. The van der Waals surface area contributed by atoms with Crippen LogP contribution in [-0.4, -0.2) is 52.5 Å². The second kappa shape index (κ2) is 8.33. The molecule has 156 valence electrons. The Labute approximate surface area is 179 Å². The minimum Gasteiger partial charge on any atom is -0.493 e. The number of ether oxygens (including phenoxy) is 2. The molecule has 0 aliphatic carbocycles. The van der Waals surface area contributed by atoms with Gasteiger partial charge in [0.25, 0.3) is 0 Å². The highest BCUT2D eigenvalue weighted by Gasteiger charge is 2.33. The normalized spacial score (nSPS) is 16.1. The molecule has 0 bridgehead atoms. The molecule has 1 heterocycles. The molecule has 1 aliphatic rings. The van der Waals surface area contributed by atoms with Gasteiger partial charge in [-0.2, -0.15) is 4.31 Å². The third kappa shape index (κ3) is 4.12. The van der Waals surface area contributed by atoms with Gasteiger partial charge in [0.05, 0.1) is 25.7 Å². The maximum atomic E-state index is 13.0. The lowest BCUT2D eigenvalue weighted by atomic mass is 10.1. The molecule has 0 fully saturated rings. The molecule has 1 aliphatic heterocycles. The monoisotopic (exact) mass is 482 g/mol. The fourth-order valence-electron chi connectivity index (χ4n) is 3.49. The Morgan fingerprint density at radius 3 is 2.52 bits per heavy atom. The first kappa shape index (κ1) is 21.6. The van der Waals surface area contributed by atoms with E-state index in [-0.39, 0.29) is 23.4 Å². The average molecular weight is 483 g/mol. The number of hydrogen-bond acceptors (Lipinski definition) is 5. The number of halogens is 1. The van der Waals surface area contributed by atoms with Crippen molar-refractivity contribution in [2.45, 2.75) is 24.3 Å². The highest BCUT2D eigenvalue weighted by molar-refractivity contribution is 9.10. The van der Waals surface area contributed by atoms with E-state index in [1.807, 2.05) is 25.1 Å². The largest absolute Gasteiger partial charge is 0.493 e. The second-order valence-corrected chi connectivity index (χ2v) is 9.83. The lowest BCUT2D eigenvalue weighted by Crippen LogP contribution is -2.43. The zero-order valence-electron chi connectivity index (χ0n) is 16.7. The van der Waals surface area contributed by atoms with Crippen LogP contribution in [0.4, 0.5) is 5.69 Å². The second-order valence-electron chi connectivity index (χ2n) is 6.87. The van der Waals surface area contributed by atoms with E-state index in [9.17, 15) is 13.2 Å². The minimum atomic E-state index is -3.88. The summed E-state index contributed by atoms with van der Waals surface area (Å²) in [6, 6.07) is 10.1. The fourth-order valence-corrected chi connectivity index (χ4v) is 5.03. The summed E-state index contributed by atoms with van der Waals surface area (Å²) in [5, 5.41) is 0. The number of nitrogens with zero attached hydrogens (tertiary/aromatic N) is 2. The van der Waals surface area contributed by atoms with E-state index in [1.165, 1.54) is 39.5 Å². The van der Waals surface area contributed by atoms with E-state index < -0.39 is 10.0 Å². The van der Waals surface area contributed by atoms with Crippen molar-refractivity contribution in [2.24, 2.45) is 0 Å². The van der Waals surface area contributed by atoms with Crippen molar-refractivity contribution in [1.82, 2.24) is 4.31 Å². The van der Waals surface area contributed by atoms with E-state index in [0.29, 0.717) is 11.5 Å². The van der Waals surface area contributed by atoms with Crippen LogP contribution in [0.15, 0.2) is 45.8 Å². The van der Waals surface area contributed by atoms with Gasteiger partial charge in [-0.25, -0.2) is 8.42 Å². The number of anilines is 1. The highest BCUT2D eigenvalue weighted by Crippen LogP contribution is 2.35. The van der Waals surface area contributed by atoms with Crippen LogP contribution in [0.1, 0.15) is 12.5 Å². The zero-order chi connectivity index (χ0) is 21.3. The Hall–Kier alpha value is -2.10. The first-order chi connectivity index (χ1) is 13.7. The molecular weight excluding hydrogens is 460 g/mol. The quantitative estimate of drug-likeness (QED) is 0.632. The number of amides is 1. The summed E-state index contributed by atoms with van der Waals surface area (Å²) >= 11 is 3.45. The van der Waals surface area contributed by atoms with Gasteiger partial charge in [-0.3, -0.25) is 4.79 Å². The molecule has 0 saturated heterocycles. The van der Waals surface area contributed by atoms with Crippen molar-refractivity contribution < 1.29 is 22.7 Å². The number of hydrogen-bond donors (Lipinski definition) is 0. The van der Waals surface area contributed by atoms with Crippen molar-refractivity contribution in [2.75, 3.05) is 32.7 Å². The van der Waals surface area contributed by atoms with Crippen LogP contribution in [0.25, 0.3) is 0 Å². The van der Waals surface area contributed by atoms with Gasteiger partial charge in [0.1, 0.15) is 0 Å². The Morgan fingerprint density at radius 1 is 1.17 bits per heavy atom. The van der Waals surface area contributed by atoms with E-state index in [0.717, 1.165) is 26.4 Å². The van der Waals surface area contributed by atoms with Crippen LogP contribution in [0.5, 0.6) is 11.5 Å². The van der Waals surface area contributed by atoms with Crippen molar-refractivity contribution in [1.29, 1.82) is 0 Å². The summed E-state index contributed by atoms with van der Waals surface area (Å²) < 4.78 is 38.3. The molecule has 0 unspecified atom stereocenters. The zero-order valence-corrected chi connectivity index (χ0v) is 19.1. The van der Waals surface area contributed by atoms with E-state index in [2.05, 4.69) is 15.9 Å². The van der Waals surface area contributed by atoms with Gasteiger partial charge < -0.3 is 14.4 Å². The molecule has 0 N–H and O–H groups in total. The predicted molar refractivity (Wildman–Crippen MR) is 114 cm³/mol. The van der Waals surface area contributed by atoms with Gasteiger partial charge in [-0.1, -0.05) is 15.9 Å². The summed E-state index contributed by atoms with van der Waals surface area (Å²) in [4.78, 5) is 14.7. The SMILES string of the molecule is COc1ccc(S(=O)(=O)N(C)CC(=O)N2c3ccc(Br)cc3C[C@@H]2C)cc1OC. The summed E-state index contributed by atoms with van der Waals surface area (Å²) in [5.41, 5.74) is 1.88. The molecule has 0 saturated carbocycles. The van der Waals surface area contributed by atoms with Crippen LogP contribution in [0.2, 0.25) is 0 Å². The third-order valence-corrected chi connectivity index (χ3v) is 7.24. The first-order valence-electron chi connectivity index (χ1n) is 8.98. The van der Waals surface area contributed by atoms with Crippen LogP contribution in [0, 0.1) is 0 Å². The van der Waals surface area contributed by atoms with Crippen molar-refractivity contribution in [3.05, 3.63) is 46.4 Å². The number of carbonyl (C=O) groups is 1. The Kier molecular flexibility index (Phi) is 6.21. The summed E-state index contributed by atoms with van der Waals surface area (Å²) in [7, 11) is 0.429. The van der Waals surface area contributed by atoms with Gasteiger partial charge in [0.2, 0.25) is 15.9 Å². The molecule has 0 spiro atoms. The molecule has 9 heteroatoms. The summed E-state index contributed by atoms with van der Waals surface area (Å²) in [6.07, 6.45) is 0.729. The number of likely N-dealkylation sites (N-methyl/N-ethyl adjacent to an activating group) is 1. The summed E-state index contributed by atoms with van der Waals surface area (Å²) in [5.74, 6) is 0.463. The van der Waals surface area contributed by atoms with Gasteiger partial charge >= 0.3 is 0 Å². The molecule has 7 nitrogen and oxygen atoms in total. The number of rotatable bonds is 6. The van der Waals surface area contributed by atoms with E-state index >= 15 is 0 Å². The molecule has 0 aromatic heterocycles. The van der Waals surface area contributed by atoms with Crippen molar-refractivity contribution in [3.8, 4) is 11.5 Å². The Bertz CT molecular complexity index is 1040. The number of benzene rings is 2. The highest BCUT2D eigenvalue weighted by atomic mass is 79.9. The van der Waals surface area contributed by atoms with Gasteiger partial charge in [0, 0.05) is 29.3 Å². The molecule has 2 aromatic rings. The van der Waals surface area contributed by atoms with Gasteiger partial charge in [0.15, 0.2) is 11.5 Å². The maximum absolute atomic E-state index is 13.0. The third-order valence-electron chi connectivity index (χ3n) is 4.95. The molecule has 1 amide bonds. The fraction of sp³-hybridized carbons (Fsp3) is 0.350. The smallest absolute Gasteiger partial charge is 0.243 e. The number of fused-ring (bicyclic) bond motifs is 1. The number of sulfonamides is 1. The lowest BCUT2D eigenvalue weighted by Gasteiger charge is -2.25. The van der Waals surface area contributed by atoms with Gasteiger partial charge in [-0.05, 0) is 49.2 Å². The van der Waals surface area contributed by atoms with E-state index in [4.69, 9.17) is 9.47 Å². The Morgan fingerprint density at radius 2 is 1.86 bits per heavy atom. The average Bonchev–Trinajstić information content (AvgIpc) is 3.01.